The number of carbonyl (C=O) groups excluding carboxylic acids is 1. The number of hydrogen-bond acceptors (Lipinski definition) is 4. The first kappa shape index (κ1) is 13.6. The zero-order valence-electron chi connectivity index (χ0n) is 11.5. The molecule has 2 aliphatic heterocycles. The Bertz CT molecular complexity index is 578. The maximum absolute atomic E-state index is 10.6. The van der Waals surface area contributed by atoms with Crippen molar-refractivity contribution < 1.29 is 19.0 Å². The van der Waals surface area contributed by atoms with Gasteiger partial charge in [0.25, 0.3) is 0 Å². The summed E-state index contributed by atoms with van der Waals surface area (Å²) in [6.07, 6.45) is -0.395. The molecular weight excluding hydrogens is 268 g/mol. The molecule has 4 nitrogen and oxygen atoms in total. The van der Waals surface area contributed by atoms with Crippen LogP contribution in [0.3, 0.4) is 0 Å². The zero-order chi connectivity index (χ0) is 14.5. The molecule has 2 aliphatic rings. The summed E-state index contributed by atoms with van der Waals surface area (Å²) < 4.78 is 14.6. The lowest BCUT2D eigenvalue weighted by Gasteiger charge is -2.04. The van der Waals surface area contributed by atoms with Crippen LogP contribution in [0.5, 0.6) is 0 Å². The Morgan fingerprint density at radius 1 is 0.762 bits per heavy atom. The molecule has 2 heterocycles. The van der Waals surface area contributed by atoms with Gasteiger partial charge in [-0.2, -0.15) is 0 Å². The van der Waals surface area contributed by atoms with Crippen LogP contribution in [-0.4, -0.2) is 19.4 Å². The lowest BCUT2D eigenvalue weighted by atomic mass is 10.1. The van der Waals surface area contributed by atoms with Gasteiger partial charge in [0, 0.05) is 0 Å². The maximum atomic E-state index is 10.6. The third-order valence-corrected chi connectivity index (χ3v) is 3.27. The Labute approximate surface area is 123 Å². The molecule has 4 heteroatoms. The van der Waals surface area contributed by atoms with Crippen molar-refractivity contribution in [2.24, 2.45) is 0 Å². The molecule has 0 N–H and O–H groups in total. The monoisotopic (exact) mass is 284 g/mol. The summed E-state index contributed by atoms with van der Waals surface area (Å²) in [5.74, 6) is 0. The summed E-state index contributed by atoms with van der Waals surface area (Å²) >= 11 is 0. The van der Waals surface area contributed by atoms with Gasteiger partial charge in [0.05, 0.1) is 6.61 Å². The van der Waals surface area contributed by atoms with Gasteiger partial charge < -0.3 is 14.2 Å². The highest BCUT2D eigenvalue weighted by Crippen LogP contribution is 2.28. The molecule has 21 heavy (non-hydrogen) atoms. The van der Waals surface area contributed by atoms with E-state index >= 15 is 0 Å². The molecule has 0 unspecified atom stereocenters. The Morgan fingerprint density at radius 3 is 1.71 bits per heavy atom. The van der Waals surface area contributed by atoms with Gasteiger partial charge in [-0.1, -0.05) is 60.7 Å². The van der Waals surface area contributed by atoms with Gasteiger partial charge in [0.2, 0.25) is 0 Å². The number of cyclic esters (lactones) is 2. The molecule has 0 spiro atoms. The van der Waals surface area contributed by atoms with Gasteiger partial charge in [-0.3, -0.25) is 0 Å². The second-order valence-electron chi connectivity index (χ2n) is 4.81. The number of epoxide rings is 1. The first-order chi connectivity index (χ1) is 10.3. The van der Waals surface area contributed by atoms with Gasteiger partial charge >= 0.3 is 6.16 Å². The van der Waals surface area contributed by atoms with Crippen LogP contribution in [0.2, 0.25) is 0 Å². The molecule has 2 aromatic carbocycles. The summed E-state index contributed by atoms with van der Waals surface area (Å²) in [6, 6.07) is 19.8. The van der Waals surface area contributed by atoms with Crippen molar-refractivity contribution in [3.8, 4) is 0 Å². The van der Waals surface area contributed by atoms with Crippen molar-refractivity contribution in [3.63, 3.8) is 0 Å². The number of rotatable bonds is 2. The van der Waals surface area contributed by atoms with Gasteiger partial charge in [0.15, 0.2) is 6.10 Å². The minimum Gasteiger partial charge on any atom is -0.430 e. The standard InChI is InChI=1S/C9H8O3.C8H8O/c10-9-11-6-8(12-9)7-4-2-1-3-5-7;1-2-4-7(5-3-1)8-6-9-8/h1-5,8H,6H2;1-5,8H,6H2/t2*8-/m00/s1. The van der Waals surface area contributed by atoms with Crippen molar-refractivity contribution in [2.75, 3.05) is 13.2 Å². The predicted octanol–water partition coefficient (Wildman–Crippen LogP) is 3.65. The molecule has 2 aromatic rings. The largest absolute Gasteiger partial charge is 0.509 e. The van der Waals surface area contributed by atoms with E-state index in [1.54, 1.807) is 0 Å². The highest BCUT2D eigenvalue weighted by molar-refractivity contribution is 5.62. The predicted molar refractivity (Wildman–Crippen MR) is 76.8 cm³/mol. The number of carbonyl (C=O) groups is 1. The summed E-state index contributed by atoms with van der Waals surface area (Å²) in [6.45, 7) is 1.23. The van der Waals surface area contributed by atoms with E-state index in [0.717, 1.165) is 12.2 Å². The Kier molecular flexibility index (Phi) is 4.17. The van der Waals surface area contributed by atoms with Crippen molar-refractivity contribution >= 4 is 6.16 Å². The van der Waals surface area contributed by atoms with Crippen LogP contribution in [0.15, 0.2) is 60.7 Å². The zero-order valence-corrected chi connectivity index (χ0v) is 11.5. The van der Waals surface area contributed by atoms with Crippen molar-refractivity contribution in [2.45, 2.75) is 12.2 Å². The third-order valence-electron chi connectivity index (χ3n) is 3.27. The highest BCUT2D eigenvalue weighted by Gasteiger charge is 2.26. The molecule has 0 amide bonds. The first-order valence-corrected chi connectivity index (χ1v) is 6.88. The van der Waals surface area contributed by atoms with E-state index in [0.29, 0.717) is 12.7 Å². The fourth-order valence-electron chi connectivity index (χ4n) is 2.07. The van der Waals surface area contributed by atoms with Crippen molar-refractivity contribution in [1.82, 2.24) is 0 Å². The SMILES string of the molecule is O=C1OC[C@@H](c2ccccc2)O1.c1ccc([C@@H]2CO2)cc1. The van der Waals surface area contributed by atoms with Crippen molar-refractivity contribution in [1.29, 1.82) is 0 Å². The third kappa shape index (κ3) is 3.83. The van der Waals surface area contributed by atoms with E-state index in [-0.39, 0.29) is 6.10 Å². The molecule has 4 rings (SSSR count). The van der Waals surface area contributed by atoms with Crippen molar-refractivity contribution in [3.05, 3.63) is 71.8 Å². The Morgan fingerprint density at radius 2 is 1.29 bits per heavy atom. The molecule has 2 atom stereocenters. The molecule has 0 radical (unpaired) electrons. The van der Waals surface area contributed by atoms with E-state index < -0.39 is 6.16 Å². The van der Waals surface area contributed by atoms with E-state index in [1.807, 2.05) is 48.5 Å². The van der Waals surface area contributed by atoms with E-state index in [4.69, 9.17) is 9.47 Å². The number of hydrogen-bond donors (Lipinski definition) is 0. The van der Waals surface area contributed by atoms with Gasteiger partial charge in [-0.15, -0.1) is 0 Å². The molecule has 2 fully saturated rings. The number of benzene rings is 2. The minimum absolute atomic E-state index is 0.223. The van der Waals surface area contributed by atoms with Crippen LogP contribution < -0.4 is 0 Å². The van der Waals surface area contributed by atoms with Gasteiger partial charge in [-0.25, -0.2) is 4.79 Å². The summed E-state index contributed by atoms with van der Waals surface area (Å²) in [5.41, 5.74) is 2.28. The van der Waals surface area contributed by atoms with Gasteiger partial charge in [-0.05, 0) is 11.1 Å². The summed E-state index contributed by atoms with van der Waals surface area (Å²) in [4.78, 5) is 10.6. The quantitative estimate of drug-likeness (QED) is 0.624. The van der Waals surface area contributed by atoms with Gasteiger partial charge in [0.1, 0.15) is 12.7 Å². The van der Waals surface area contributed by atoms with Crippen LogP contribution >= 0.6 is 0 Å². The molecule has 0 aliphatic carbocycles. The van der Waals surface area contributed by atoms with Crippen LogP contribution in [0.25, 0.3) is 0 Å². The Hall–Kier alpha value is -2.33. The Balaban J connectivity index is 0.000000131. The average molecular weight is 284 g/mol. The van der Waals surface area contributed by atoms with E-state index in [9.17, 15) is 4.79 Å². The van der Waals surface area contributed by atoms with Crippen LogP contribution in [0, 0.1) is 0 Å². The lowest BCUT2D eigenvalue weighted by molar-refractivity contribution is 0.118. The average Bonchev–Trinajstić information content (AvgIpc) is 3.31. The highest BCUT2D eigenvalue weighted by atomic mass is 16.8. The smallest absolute Gasteiger partial charge is 0.430 e. The molecule has 108 valence electrons. The molecule has 2 saturated heterocycles. The van der Waals surface area contributed by atoms with E-state index in [1.165, 1.54) is 5.56 Å². The summed E-state index contributed by atoms with van der Waals surface area (Å²) in [5, 5.41) is 0. The maximum Gasteiger partial charge on any atom is 0.509 e. The number of ether oxygens (including phenoxy) is 3. The minimum atomic E-state index is -0.580. The van der Waals surface area contributed by atoms with Crippen LogP contribution in [-0.2, 0) is 14.2 Å². The normalized spacial score (nSPS) is 22.6. The summed E-state index contributed by atoms with van der Waals surface area (Å²) in [7, 11) is 0. The van der Waals surface area contributed by atoms with E-state index in [2.05, 4.69) is 16.9 Å². The second kappa shape index (κ2) is 6.41. The fourth-order valence-corrected chi connectivity index (χ4v) is 2.07. The molecular formula is C17H16O4. The first-order valence-electron chi connectivity index (χ1n) is 6.88. The molecule has 0 aromatic heterocycles. The second-order valence-corrected chi connectivity index (χ2v) is 4.81. The van der Waals surface area contributed by atoms with Crippen LogP contribution in [0.1, 0.15) is 23.3 Å². The fraction of sp³-hybridized carbons (Fsp3) is 0.235. The molecule has 0 bridgehead atoms. The topological polar surface area (TPSA) is 48.1 Å². The molecule has 0 saturated carbocycles. The van der Waals surface area contributed by atoms with Crippen LogP contribution in [0.4, 0.5) is 4.79 Å². The lowest BCUT2D eigenvalue weighted by Crippen LogP contribution is -1.99.